The Morgan fingerprint density at radius 3 is 2.15 bits per heavy atom. The van der Waals surface area contributed by atoms with Crippen molar-refractivity contribution in [3.05, 3.63) is 24.8 Å². The molecule has 0 spiro atoms. The Balaban J connectivity index is 2.17. The van der Waals surface area contributed by atoms with Gasteiger partial charge in [-0.3, -0.25) is 0 Å². The van der Waals surface area contributed by atoms with E-state index in [0.29, 0.717) is 19.6 Å². The Bertz CT molecular complexity index is 539. The first-order valence-electron chi connectivity index (χ1n) is 6.75. The summed E-state index contributed by atoms with van der Waals surface area (Å²) >= 11 is 0. The van der Waals surface area contributed by atoms with Crippen LogP contribution in [0.25, 0.3) is 11.6 Å². The van der Waals surface area contributed by atoms with Crippen molar-refractivity contribution < 1.29 is 9.84 Å². The Hall–Kier alpha value is -1.66. The zero-order valence-corrected chi connectivity index (χ0v) is 12.3. The first-order chi connectivity index (χ1) is 9.51. The summed E-state index contributed by atoms with van der Waals surface area (Å²) in [5.74, 6) is 1.64. The fourth-order valence-electron chi connectivity index (χ4n) is 1.98. The molecule has 2 rings (SSSR count). The van der Waals surface area contributed by atoms with Gasteiger partial charge in [-0.1, -0.05) is 0 Å². The summed E-state index contributed by atoms with van der Waals surface area (Å²) in [4.78, 5) is 8.76. The summed E-state index contributed by atoms with van der Waals surface area (Å²) in [6, 6.07) is 0. The molecule has 0 saturated heterocycles. The summed E-state index contributed by atoms with van der Waals surface area (Å²) < 4.78 is 9.14. The number of nitrogens with zero attached hydrogens (tertiary/aromatic N) is 4. The third-order valence-electron chi connectivity index (χ3n) is 3.13. The highest BCUT2D eigenvalue weighted by Crippen LogP contribution is 2.18. The fraction of sp³-hybridized carbons (Fsp3) is 0.571. The Kier molecular flexibility index (Phi) is 4.57. The topological polar surface area (TPSA) is 65.1 Å². The third kappa shape index (κ3) is 3.68. The summed E-state index contributed by atoms with van der Waals surface area (Å²) in [6.07, 6.45) is 8.02. The van der Waals surface area contributed by atoms with E-state index < -0.39 is 5.60 Å². The number of hydrogen-bond donors (Lipinski definition) is 1. The zero-order valence-electron chi connectivity index (χ0n) is 12.3. The maximum absolute atomic E-state index is 9.84. The van der Waals surface area contributed by atoms with Crippen LogP contribution in [0, 0.1) is 0 Å². The highest BCUT2D eigenvalue weighted by molar-refractivity contribution is 5.44. The molecule has 2 aromatic heterocycles. The van der Waals surface area contributed by atoms with Crippen LogP contribution in [0.5, 0.6) is 0 Å². The van der Waals surface area contributed by atoms with Crippen molar-refractivity contribution in [2.75, 3.05) is 13.7 Å². The number of aliphatic hydroxyl groups is 1. The predicted molar refractivity (Wildman–Crippen MR) is 76.2 cm³/mol. The van der Waals surface area contributed by atoms with E-state index >= 15 is 0 Å². The second-order valence-electron chi connectivity index (χ2n) is 5.44. The molecule has 20 heavy (non-hydrogen) atoms. The molecule has 0 unspecified atom stereocenters. The molecule has 6 heteroatoms. The smallest absolute Gasteiger partial charge is 0.176 e. The molecule has 0 radical (unpaired) electrons. The van der Waals surface area contributed by atoms with Crippen molar-refractivity contribution in [1.29, 1.82) is 0 Å². The fourth-order valence-corrected chi connectivity index (χ4v) is 1.98. The molecular weight excluding hydrogens is 256 g/mol. The van der Waals surface area contributed by atoms with E-state index in [9.17, 15) is 5.11 Å². The first kappa shape index (κ1) is 14.7. The number of methoxy groups -OCH3 is 1. The molecule has 0 aliphatic heterocycles. The standard InChI is InChI=1S/C14H22N4O2/c1-14(2,19)4-7-17-8-5-15-12(17)13-16-6-9-18(13)10-11-20-3/h5-6,8-9,19H,4,7,10-11H2,1-3H3. The molecule has 0 aliphatic rings. The van der Waals surface area contributed by atoms with Gasteiger partial charge in [-0.2, -0.15) is 0 Å². The predicted octanol–water partition coefficient (Wildman–Crippen LogP) is 1.55. The summed E-state index contributed by atoms with van der Waals surface area (Å²) in [7, 11) is 1.68. The molecule has 6 nitrogen and oxygen atoms in total. The normalized spacial score (nSPS) is 12.0. The minimum absolute atomic E-state index is 0.633. The van der Waals surface area contributed by atoms with Crippen LogP contribution in [-0.2, 0) is 17.8 Å². The van der Waals surface area contributed by atoms with E-state index in [2.05, 4.69) is 9.97 Å². The van der Waals surface area contributed by atoms with Gasteiger partial charge in [0.2, 0.25) is 0 Å². The monoisotopic (exact) mass is 278 g/mol. The van der Waals surface area contributed by atoms with Crippen LogP contribution in [0.4, 0.5) is 0 Å². The van der Waals surface area contributed by atoms with Crippen LogP contribution >= 0.6 is 0 Å². The van der Waals surface area contributed by atoms with Gasteiger partial charge in [0.25, 0.3) is 0 Å². The number of aromatic nitrogens is 4. The molecule has 0 aromatic carbocycles. The molecule has 2 aromatic rings. The van der Waals surface area contributed by atoms with Gasteiger partial charge in [0, 0.05) is 45.0 Å². The molecule has 2 heterocycles. The minimum Gasteiger partial charge on any atom is -0.390 e. The van der Waals surface area contributed by atoms with Crippen molar-refractivity contribution in [2.24, 2.45) is 0 Å². The van der Waals surface area contributed by atoms with E-state index in [-0.39, 0.29) is 0 Å². The molecule has 0 fully saturated rings. The Morgan fingerprint density at radius 1 is 1.10 bits per heavy atom. The second-order valence-corrected chi connectivity index (χ2v) is 5.44. The lowest BCUT2D eigenvalue weighted by molar-refractivity contribution is 0.0663. The van der Waals surface area contributed by atoms with Crippen molar-refractivity contribution in [3.63, 3.8) is 0 Å². The van der Waals surface area contributed by atoms with Crippen molar-refractivity contribution >= 4 is 0 Å². The average molecular weight is 278 g/mol. The van der Waals surface area contributed by atoms with Gasteiger partial charge in [-0.25, -0.2) is 9.97 Å². The third-order valence-corrected chi connectivity index (χ3v) is 3.13. The number of ether oxygens (including phenoxy) is 1. The van der Waals surface area contributed by atoms with Gasteiger partial charge >= 0.3 is 0 Å². The number of aryl methyl sites for hydroxylation is 1. The lowest BCUT2D eigenvalue weighted by atomic mass is 10.1. The lowest BCUT2D eigenvalue weighted by Gasteiger charge is -2.18. The molecule has 0 aliphatic carbocycles. The van der Waals surface area contributed by atoms with Crippen LogP contribution in [0.3, 0.4) is 0 Å². The van der Waals surface area contributed by atoms with Gasteiger partial charge in [-0.05, 0) is 20.3 Å². The van der Waals surface area contributed by atoms with Gasteiger partial charge in [0.1, 0.15) is 0 Å². The molecule has 0 atom stereocenters. The van der Waals surface area contributed by atoms with Crippen LogP contribution in [-0.4, -0.2) is 43.5 Å². The van der Waals surface area contributed by atoms with Crippen LogP contribution in [0.2, 0.25) is 0 Å². The summed E-state index contributed by atoms with van der Waals surface area (Å²) in [5, 5.41) is 9.84. The summed E-state index contributed by atoms with van der Waals surface area (Å²) in [6.45, 7) is 5.69. The quantitative estimate of drug-likeness (QED) is 0.834. The zero-order chi connectivity index (χ0) is 14.6. The van der Waals surface area contributed by atoms with Gasteiger partial charge in [0.05, 0.1) is 12.2 Å². The number of imidazole rings is 2. The molecular formula is C14H22N4O2. The Labute approximate surface area is 119 Å². The van der Waals surface area contributed by atoms with Crippen molar-refractivity contribution in [2.45, 2.75) is 39.0 Å². The largest absolute Gasteiger partial charge is 0.390 e. The molecule has 0 bridgehead atoms. The molecule has 1 N–H and O–H groups in total. The lowest BCUT2D eigenvalue weighted by Crippen LogP contribution is -2.21. The second kappa shape index (κ2) is 6.19. The van der Waals surface area contributed by atoms with Crippen LogP contribution in [0.1, 0.15) is 20.3 Å². The summed E-state index contributed by atoms with van der Waals surface area (Å²) in [5.41, 5.74) is -0.687. The first-order valence-corrected chi connectivity index (χ1v) is 6.75. The molecule has 0 amide bonds. The van der Waals surface area contributed by atoms with E-state index in [1.54, 1.807) is 19.5 Å². The van der Waals surface area contributed by atoms with E-state index in [1.165, 1.54) is 0 Å². The highest BCUT2D eigenvalue weighted by atomic mass is 16.5. The van der Waals surface area contributed by atoms with E-state index in [0.717, 1.165) is 18.2 Å². The van der Waals surface area contributed by atoms with Crippen LogP contribution in [0.15, 0.2) is 24.8 Å². The van der Waals surface area contributed by atoms with Gasteiger partial charge in [0.15, 0.2) is 11.6 Å². The molecule has 0 saturated carbocycles. The highest BCUT2D eigenvalue weighted by Gasteiger charge is 2.16. The maximum atomic E-state index is 9.84. The van der Waals surface area contributed by atoms with Crippen LogP contribution < -0.4 is 0 Å². The van der Waals surface area contributed by atoms with E-state index in [1.807, 2.05) is 35.4 Å². The average Bonchev–Trinajstić information content (AvgIpc) is 3.01. The maximum Gasteiger partial charge on any atom is 0.176 e. The number of hydrogen-bond acceptors (Lipinski definition) is 4. The van der Waals surface area contributed by atoms with Crippen molar-refractivity contribution in [3.8, 4) is 11.6 Å². The Morgan fingerprint density at radius 2 is 1.65 bits per heavy atom. The molecule has 110 valence electrons. The van der Waals surface area contributed by atoms with Gasteiger partial charge in [-0.15, -0.1) is 0 Å². The minimum atomic E-state index is -0.687. The SMILES string of the molecule is COCCn1ccnc1-c1nccn1CCC(C)(C)O. The van der Waals surface area contributed by atoms with Gasteiger partial charge < -0.3 is 19.0 Å². The number of rotatable bonds is 7. The van der Waals surface area contributed by atoms with E-state index in [4.69, 9.17) is 4.74 Å². The van der Waals surface area contributed by atoms with Crippen molar-refractivity contribution in [1.82, 2.24) is 19.1 Å².